The molecular weight excluding hydrogens is 292 g/mol. The first-order chi connectivity index (χ1) is 8.70. The van der Waals surface area contributed by atoms with Crippen molar-refractivity contribution in [3.05, 3.63) is 23.8 Å². The number of hydrogen-bond acceptors (Lipinski definition) is 2. The monoisotopic (exact) mass is 312 g/mol. The molecule has 100 valence electrons. The molecule has 1 aromatic carbocycles. The van der Waals surface area contributed by atoms with Crippen LogP contribution in [0.15, 0.2) is 18.2 Å². The maximum Gasteiger partial charge on any atom is 0.161 e. The molecule has 0 saturated heterocycles. The molecule has 2 rings (SSSR count). The number of alkyl halides is 1. The van der Waals surface area contributed by atoms with Crippen LogP contribution < -0.4 is 9.47 Å². The molecule has 0 N–H and O–H groups in total. The molecule has 1 heterocycles. The van der Waals surface area contributed by atoms with Crippen LogP contribution >= 0.6 is 15.9 Å². The van der Waals surface area contributed by atoms with Gasteiger partial charge in [0.25, 0.3) is 0 Å². The molecule has 0 aromatic heterocycles. The fraction of sp³-hybridized carbons (Fsp3) is 0.600. The summed E-state index contributed by atoms with van der Waals surface area (Å²) in [5, 5.41) is 0. The summed E-state index contributed by atoms with van der Waals surface area (Å²) in [5.41, 5.74) is 1.28. The topological polar surface area (TPSA) is 18.5 Å². The summed E-state index contributed by atoms with van der Waals surface area (Å²) in [5.74, 6) is 2.49. The van der Waals surface area contributed by atoms with Crippen molar-refractivity contribution < 1.29 is 9.47 Å². The SMILES string of the molecule is CCC(C)CC(Br)c1ccc2c(c1)OCCCO2. The van der Waals surface area contributed by atoms with Crippen LogP contribution in [-0.2, 0) is 0 Å². The van der Waals surface area contributed by atoms with Crippen molar-refractivity contribution in [2.24, 2.45) is 5.92 Å². The molecule has 1 aromatic rings. The largest absolute Gasteiger partial charge is 0.490 e. The Morgan fingerprint density at radius 1 is 1.22 bits per heavy atom. The van der Waals surface area contributed by atoms with Crippen LogP contribution in [0.5, 0.6) is 11.5 Å². The van der Waals surface area contributed by atoms with Gasteiger partial charge in [0.05, 0.1) is 13.2 Å². The lowest BCUT2D eigenvalue weighted by atomic mass is 9.99. The van der Waals surface area contributed by atoms with Gasteiger partial charge in [0.15, 0.2) is 11.5 Å². The normalized spacial score (nSPS) is 17.9. The van der Waals surface area contributed by atoms with E-state index in [-0.39, 0.29) is 0 Å². The summed E-state index contributed by atoms with van der Waals surface area (Å²) >= 11 is 3.78. The second-order valence-electron chi connectivity index (χ2n) is 4.97. The van der Waals surface area contributed by atoms with Gasteiger partial charge in [-0.05, 0) is 30.0 Å². The molecule has 0 bridgehead atoms. The molecule has 0 aliphatic carbocycles. The van der Waals surface area contributed by atoms with E-state index in [0.717, 1.165) is 43.5 Å². The second-order valence-corrected chi connectivity index (χ2v) is 6.08. The first-order valence-corrected chi connectivity index (χ1v) is 7.66. The Balaban J connectivity index is 2.12. The van der Waals surface area contributed by atoms with Crippen molar-refractivity contribution in [3.63, 3.8) is 0 Å². The van der Waals surface area contributed by atoms with Gasteiger partial charge in [-0.25, -0.2) is 0 Å². The van der Waals surface area contributed by atoms with Crippen molar-refractivity contribution in [2.45, 2.75) is 37.9 Å². The summed E-state index contributed by atoms with van der Waals surface area (Å²) in [4.78, 5) is 0.393. The Hall–Kier alpha value is -0.700. The standard InChI is InChI=1S/C15H21BrO2/c1-3-11(2)9-13(16)12-5-6-14-15(10-12)18-8-4-7-17-14/h5-6,10-11,13H,3-4,7-9H2,1-2H3. The molecule has 3 heteroatoms. The van der Waals surface area contributed by atoms with E-state index in [0.29, 0.717) is 4.83 Å². The molecule has 18 heavy (non-hydrogen) atoms. The maximum atomic E-state index is 5.72. The predicted molar refractivity (Wildman–Crippen MR) is 77.8 cm³/mol. The highest BCUT2D eigenvalue weighted by atomic mass is 79.9. The Morgan fingerprint density at radius 3 is 2.67 bits per heavy atom. The molecule has 2 atom stereocenters. The minimum Gasteiger partial charge on any atom is -0.490 e. The quantitative estimate of drug-likeness (QED) is 0.749. The molecule has 0 amide bonds. The molecule has 0 fully saturated rings. The molecule has 0 spiro atoms. The van der Waals surface area contributed by atoms with Crippen LogP contribution in [0.25, 0.3) is 0 Å². The van der Waals surface area contributed by atoms with Crippen LogP contribution in [0, 0.1) is 5.92 Å². The predicted octanol–water partition coefficient (Wildman–Crippen LogP) is 4.72. The van der Waals surface area contributed by atoms with E-state index < -0.39 is 0 Å². The van der Waals surface area contributed by atoms with Gasteiger partial charge in [-0.3, -0.25) is 0 Å². The Kier molecular flexibility index (Phi) is 4.93. The molecule has 0 radical (unpaired) electrons. The number of hydrogen-bond donors (Lipinski definition) is 0. The fourth-order valence-electron chi connectivity index (χ4n) is 2.03. The number of rotatable bonds is 4. The molecule has 2 unspecified atom stereocenters. The summed E-state index contributed by atoms with van der Waals surface area (Å²) in [6, 6.07) is 6.28. The zero-order valence-electron chi connectivity index (χ0n) is 11.1. The van der Waals surface area contributed by atoms with Gasteiger partial charge in [-0.2, -0.15) is 0 Å². The minimum atomic E-state index is 0.393. The number of halogens is 1. The highest BCUT2D eigenvalue weighted by Gasteiger charge is 2.16. The summed E-state index contributed by atoms with van der Waals surface area (Å²) < 4.78 is 11.4. The van der Waals surface area contributed by atoms with Crippen LogP contribution in [-0.4, -0.2) is 13.2 Å². The van der Waals surface area contributed by atoms with Crippen LogP contribution in [0.2, 0.25) is 0 Å². The lowest BCUT2D eigenvalue weighted by molar-refractivity contribution is 0.297. The van der Waals surface area contributed by atoms with E-state index >= 15 is 0 Å². The highest BCUT2D eigenvalue weighted by Crippen LogP contribution is 2.37. The molecule has 0 saturated carbocycles. The summed E-state index contributed by atoms with van der Waals surface area (Å²) in [6.07, 6.45) is 3.32. The fourth-order valence-corrected chi connectivity index (χ4v) is 2.95. The minimum absolute atomic E-state index is 0.393. The smallest absolute Gasteiger partial charge is 0.161 e. The van der Waals surface area contributed by atoms with Crippen molar-refractivity contribution in [3.8, 4) is 11.5 Å². The van der Waals surface area contributed by atoms with Crippen LogP contribution in [0.4, 0.5) is 0 Å². The first-order valence-electron chi connectivity index (χ1n) is 6.74. The van der Waals surface area contributed by atoms with Crippen molar-refractivity contribution >= 4 is 15.9 Å². The van der Waals surface area contributed by atoms with Crippen LogP contribution in [0.1, 0.15) is 43.5 Å². The van der Waals surface area contributed by atoms with Gasteiger partial charge < -0.3 is 9.47 Å². The number of benzene rings is 1. The molecule has 2 nitrogen and oxygen atoms in total. The summed E-state index contributed by atoms with van der Waals surface area (Å²) in [7, 11) is 0. The van der Waals surface area contributed by atoms with Gasteiger partial charge >= 0.3 is 0 Å². The van der Waals surface area contributed by atoms with Gasteiger partial charge in [0.1, 0.15) is 0 Å². The third kappa shape index (κ3) is 3.41. The van der Waals surface area contributed by atoms with Crippen molar-refractivity contribution in [1.82, 2.24) is 0 Å². The Labute approximate surface area is 118 Å². The average Bonchev–Trinajstić information content (AvgIpc) is 2.62. The van der Waals surface area contributed by atoms with E-state index in [2.05, 4.69) is 41.9 Å². The highest BCUT2D eigenvalue weighted by molar-refractivity contribution is 9.09. The zero-order chi connectivity index (χ0) is 13.0. The van der Waals surface area contributed by atoms with Gasteiger partial charge in [-0.15, -0.1) is 0 Å². The van der Waals surface area contributed by atoms with Crippen LogP contribution in [0.3, 0.4) is 0 Å². The lowest BCUT2D eigenvalue weighted by Gasteiger charge is -2.16. The second kappa shape index (κ2) is 6.46. The molecule has 1 aliphatic heterocycles. The van der Waals surface area contributed by atoms with E-state index in [4.69, 9.17) is 9.47 Å². The average molecular weight is 313 g/mol. The lowest BCUT2D eigenvalue weighted by Crippen LogP contribution is -2.00. The maximum absolute atomic E-state index is 5.72. The first kappa shape index (κ1) is 13.7. The van der Waals surface area contributed by atoms with E-state index in [1.54, 1.807) is 0 Å². The molecule has 1 aliphatic rings. The number of fused-ring (bicyclic) bond motifs is 1. The third-order valence-corrected chi connectivity index (χ3v) is 4.34. The Morgan fingerprint density at radius 2 is 1.94 bits per heavy atom. The van der Waals surface area contributed by atoms with Gasteiger partial charge in [-0.1, -0.05) is 42.3 Å². The van der Waals surface area contributed by atoms with E-state index in [1.807, 2.05) is 6.07 Å². The zero-order valence-corrected chi connectivity index (χ0v) is 12.7. The number of ether oxygens (including phenoxy) is 2. The van der Waals surface area contributed by atoms with Crippen molar-refractivity contribution in [1.29, 1.82) is 0 Å². The van der Waals surface area contributed by atoms with E-state index in [1.165, 1.54) is 12.0 Å². The third-order valence-electron chi connectivity index (χ3n) is 3.44. The van der Waals surface area contributed by atoms with Crippen molar-refractivity contribution in [2.75, 3.05) is 13.2 Å². The van der Waals surface area contributed by atoms with Gasteiger partial charge in [0.2, 0.25) is 0 Å². The molecular formula is C15H21BrO2. The van der Waals surface area contributed by atoms with Gasteiger partial charge in [0, 0.05) is 11.2 Å². The van der Waals surface area contributed by atoms with E-state index in [9.17, 15) is 0 Å². The summed E-state index contributed by atoms with van der Waals surface area (Å²) in [6.45, 7) is 6.02. The Bertz CT molecular complexity index is 392.